The number of benzene rings is 1. The van der Waals surface area contributed by atoms with Gasteiger partial charge in [-0.1, -0.05) is 18.2 Å². The zero-order chi connectivity index (χ0) is 12.3. The quantitative estimate of drug-likeness (QED) is 0.926. The van der Waals surface area contributed by atoms with Crippen LogP contribution in [0.2, 0.25) is 0 Å². The van der Waals surface area contributed by atoms with Crippen LogP contribution in [0.15, 0.2) is 52.1 Å². The summed E-state index contributed by atoms with van der Waals surface area (Å²) in [6, 6.07) is 10.1. The van der Waals surface area contributed by atoms with E-state index in [9.17, 15) is 8.42 Å². The van der Waals surface area contributed by atoms with E-state index in [2.05, 4.69) is 4.72 Å². The highest BCUT2D eigenvalue weighted by Gasteiger charge is 2.17. The Bertz CT molecular complexity index is 562. The molecule has 1 atom stereocenters. The summed E-state index contributed by atoms with van der Waals surface area (Å²) in [5, 5.41) is 3.88. The fraction of sp³-hybridized carbons (Fsp3) is 0.167. The molecule has 1 N–H and O–H groups in total. The first-order valence-corrected chi connectivity index (χ1v) is 7.62. The molecule has 2 aromatic rings. The largest absolute Gasteiger partial charge is 0.241 e. The van der Waals surface area contributed by atoms with Crippen LogP contribution >= 0.6 is 11.3 Å². The zero-order valence-corrected chi connectivity index (χ0v) is 11.0. The Morgan fingerprint density at radius 1 is 1.18 bits per heavy atom. The fourth-order valence-corrected chi connectivity index (χ4v) is 3.50. The van der Waals surface area contributed by atoms with Gasteiger partial charge in [0.05, 0.1) is 4.90 Å². The number of hydrogen-bond donors (Lipinski definition) is 1. The van der Waals surface area contributed by atoms with Crippen molar-refractivity contribution in [2.75, 3.05) is 0 Å². The minimum absolute atomic E-state index is 0.216. The fourth-order valence-electron chi connectivity index (χ4n) is 1.49. The van der Waals surface area contributed by atoms with Crippen molar-refractivity contribution < 1.29 is 8.42 Å². The van der Waals surface area contributed by atoms with Gasteiger partial charge in [-0.15, -0.1) is 0 Å². The highest BCUT2D eigenvalue weighted by Crippen LogP contribution is 2.18. The maximum atomic E-state index is 12.0. The molecule has 0 saturated heterocycles. The molecule has 0 amide bonds. The number of sulfonamides is 1. The summed E-state index contributed by atoms with van der Waals surface area (Å²) >= 11 is 1.55. The van der Waals surface area contributed by atoms with E-state index < -0.39 is 10.0 Å². The van der Waals surface area contributed by atoms with Gasteiger partial charge >= 0.3 is 0 Å². The van der Waals surface area contributed by atoms with Crippen molar-refractivity contribution >= 4 is 21.4 Å². The molecule has 1 aromatic carbocycles. The average Bonchev–Trinajstić information content (AvgIpc) is 2.83. The molecule has 2 rings (SSSR count). The van der Waals surface area contributed by atoms with Crippen molar-refractivity contribution in [3.05, 3.63) is 52.7 Å². The molecule has 3 nitrogen and oxygen atoms in total. The topological polar surface area (TPSA) is 46.2 Å². The van der Waals surface area contributed by atoms with Crippen molar-refractivity contribution in [2.24, 2.45) is 0 Å². The summed E-state index contributed by atoms with van der Waals surface area (Å²) in [7, 11) is -3.43. The summed E-state index contributed by atoms with van der Waals surface area (Å²) in [4.78, 5) is 0.294. The Hall–Kier alpha value is -1.17. The third-order valence-corrected chi connectivity index (χ3v) is 4.69. The molecule has 0 aliphatic heterocycles. The normalized spacial score (nSPS) is 13.5. The van der Waals surface area contributed by atoms with Gasteiger partial charge in [-0.2, -0.15) is 11.3 Å². The van der Waals surface area contributed by atoms with Gasteiger partial charge in [0.1, 0.15) is 0 Å². The van der Waals surface area contributed by atoms with Crippen LogP contribution in [0, 0.1) is 0 Å². The van der Waals surface area contributed by atoms with E-state index in [4.69, 9.17) is 0 Å². The first-order chi connectivity index (χ1) is 8.09. The van der Waals surface area contributed by atoms with E-state index in [0.29, 0.717) is 4.90 Å². The molecule has 0 spiro atoms. The number of thiophene rings is 1. The van der Waals surface area contributed by atoms with Crippen molar-refractivity contribution in [2.45, 2.75) is 17.9 Å². The van der Waals surface area contributed by atoms with E-state index in [1.54, 1.807) is 41.7 Å². The maximum Gasteiger partial charge on any atom is 0.241 e. The minimum atomic E-state index is -3.43. The molecule has 1 unspecified atom stereocenters. The highest BCUT2D eigenvalue weighted by molar-refractivity contribution is 7.89. The Balaban J connectivity index is 2.19. The van der Waals surface area contributed by atoms with Crippen LogP contribution in [0.5, 0.6) is 0 Å². The molecule has 0 fully saturated rings. The van der Waals surface area contributed by atoms with Gasteiger partial charge in [0.2, 0.25) is 10.0 Å². The minimum Gasteiger partial charge on any atom is -0.207 e. The molecule has 0 radical (unpaired) electrons. The van der Waals surface area contributed by atoms with Crippen molar-refractivity contribution in [3.63, 3.8) is 0 Å². The molecule has 5 heteroatoms. The third-order valence-electron chi connectivity index (χ3n) is 2.43. The summed E-state index contributed by atoms with van der Waals surface area (Å²) in [5.74, 6) is 0. The van der Waals surface area contributed by atoms with E-state index in [0.717, 1.165) is 5.56 Å². The molecule has 17 heavy (non-hydrogen) atoms. The predicted molar refractivity (Wildman–Crippen MR) is 69.5 cm³/mol. The molecule has 90 valence electrons. The lowest BCUT2D eigenvalue weighted by atomic mass is 10.2. The van der Waals surface area contributed by atoms with Crippen LogP contribution < -0.4 is 4.72 Å². The molecule has 0 aliphatic carbocycles. The zero-order valence-electron chi connectivity index (χ0n) is 9.33. The van der Waals surface area contributed by atoms with Crippen LogP contribution in [0.1, 0.15) is 18.5 Å². The Labute approximate surface area is 105 Å². The van der Waals surface area contributed by atoms with Gasteiger partial charge in [-0.25, -0.2) is 13.1 Å². The second kappa shape index (κ2) is 5.00. The van der Waals surface area contributed by atoms with E-state index in [1.165, 1.54) is 0 Å². The SMILES string of the molecule is CC(NS(=O)(=O)c1ccccc1)c1ccsc1. The van der Waals surface area contributed by atoms with Crippen LogP contribution in [-0.2, 0) is 10.0 Å². The van der Waals surface area contributed by atoms with Gasteiger partial charge in [0.15, 0.2) is 0 Å². The highest BCUT2D eigenvalue weighted by atomic mass is 32.2. The lowest BCUT2D eigenvalue weighted by Crippen LogP contribution is -2.26. The van der Waals surface area contributed by atoms with Gasteiger partial charge in [-0.05, 0) is 41.4 Å². The standard InChI is InChI=1S/C12H13NO2S2/c1-10(11-7-8-16-9-11)13-17(14,15)12-5-3-2-4-6-12/h2-10,13H,1H3. The third kappa shape index (κ3) is 2.94. The van der Waals surface area contributed by atoms with Gasteiger partial charge in [0.25, 0.3) is 0 Å². The lowest BCUT2D eigenvalue weighted by molar-refractivity contribution is 0.567. The van der Waals surface area contributed by atoms with Gasteiger partial charge in [-0.3, -0.25) is 0 Å². The van der Waals surface area contributed by atoms with Crippen LogP contribution in [0.25, 0.3) is 0 Å². The van der Waals surface area contributed by atoms with Crippen molar-refractivity contribution in [1.82, 2.24) is 4.72 Å². The van der Waals surface area contributed by atoms with E-state index in [-0.39, 0.29) is 6.04 Å². The smallest absolute Gasteiger partial charge is 0.207 e. The van der Waals surface area contributed by atoms with Crippen molar-refractivity contribution in [1.29, 1.82) is 0 Å². The summed E-state index contributed by atoms with van der Waals surface area (Å²) in [6.45, 7) is 1.84. The number of hydrogen-bond acceptors (Lipinski definition) is 3. The van der Waals surface area contributed by atoms with Gasteiger partial charge in [0, 0.05) is 6.04 Å². The molecular weight excluding hydrogens is 254 g/mol. The average molecular weight is 267 g/mol. The van der Waals surface area contributed by atoms with Crippen LogP contribution in [0.4, 0.5) is 0 Å². The van der Waals surface area contributed by atoms with Crippen LogP contribution in [0.3, 0.4) is 0 Å². The van der Waals surface area contributed by atoms with Gasteiger partial charge < -0.3 is 0 Å². The second-order valence-electron chi connectivity index (χ2n) is 3.71. The monoisotopic (exact) mass is 267 g/mol. The first kappa shape index (κ1) is 12.3. The molecule has 0 saturated carbocycles. The Morgan fingerprint density at radius 2 is 1.88 bits per heavy atom. The predicted octanol–water partition coefficient (Wildman–Crippen LogP) is 2.79. The van der Waals surface area contributed by atoms with E-state index in [1.807, 2.05) is 23.8 Å². The van der Waals surface area contributed by atoms with Crippen molar-refractivity contribution in [3.8, 4) is 0 Å². The molecule has 0 bridgehead atoms. The summed E-state index contributed by atoms with van der Waals surface area (Å²) < 4.78 is 26.7. The van der Waals surface area contributed by atoms with Crippen LogP contribution in [-0.4, -0.2) is 8.42 Å². The molecular formula is C12H13NO2S2. The lowest BCUT2D eigenvalue weighted by Gasteiger charge is -2.12. The number of nitrogens with one attached hydrogen (secondary N) is 1. The second-order valence-corrected chi connectivity index (χ2v) is 6.21. The molecule has 1 aromatic heterocycles. The Kier molecular flexibility index (Phi) is 3.61. The molecule has 1 heterocycles. The Morgan fingerprint density at radius 3 is 2.47 bits per heavy atom. The number of rotatable bonds is 4. The molecule has 0 aliphatic rings. The summed E-state index contributed by atoms with van der Waals surface area (Å²) in [5.41, 5.74) is 0.981. The maximum absolute atomic E-state index is 12.0. The summed E-state index contributed by atoms with van der Waals surface area (Å²) in [6.07, 6.45) is 0. The first-order valence-electron chi connectivity index (χ1n) is 5.19. The van der Waals surface area contributed by atoms with E-state index >= 15 is 0 Å².